The Kier molecular flexibility index (Phi) is 4.74. The third-order valence-corrected chi connectivity index (χ3v) is 5.69. The Morgan fingerprint density at radius 1 is 1.37 bits per heavy atom. The Hall–Kier alpha value is -0.330. The van der Waals surface area contributed by atoms with Gasteiger partial charge >= 0.3 is 0 Å². The molecule has 0 amide bonds. The summed E-state index contributed by atoms with van der Waals surface area (Å²) in [4.78, 5) is 0. The number of hydrogen-bond donors (Lipinski definition) is 0. The van der Waals surface area contributed by atoms with Crippen molar-refractivity contribution in [2.45, 2.75) is 13.0 Å². The number of hydrogen-bond acceptors (Lipinski definition) is 3. The van der Waals surface area contributed by atoms with Gasteiger partial charge in [0, 0.05) is 13.1 Å². The lowest BCUT2D eigenvalue weighted by atomic mass is 10.1. The third-order valence-electron chi connectivity index (χ3n) is 3.10. The molecule has 1 heterocycles. The van der Waals surface area contributed by atoms with Gasteiger partial charge in [-0.05, 0) is 24.6 Å². The molecular formula is C12H15Cl2NO3S. The molecule has 1 aromatic carbocycles. The number of sulfonamides is 1. The quantitative estimate of drug-likeness (QED) is 0.859. The summed E-state index contributed by atoms with van der Waals surface area (Å²) in [6.45, 7) is 2.73. The van der Waals surface area contributed by atoms with Crippen LogP contribution in [0.1, 0.15) is 18.6 Å². The lowest BCUT2D eigenvalue weighted by Gasteiger charge is -2.32. The van der Waals surface area contributed by atoms with Gasteiger partial charge in [0.2, 0.25) is 10.0 Å². The van der Waals surface area contributed by atoms with Gasteiger partial charge in [-0.1, -0.05) is 29.3 Å². The predicted octanol–water partition coefficient (Wildman–Crippen LogP) is 2.72. The molecule has 2 rings (SSSR count). The first-order valence-corrected chi connectivity index (χ1v) is 8.35. The van der Waals surface area contributed by atoms with Crippen LogP contribution in [0.3, 0.4) is 0 Å². The van der Waals surface area contributed by atoms with E-state index in [4.69, 9.17) is 27.9 Å². The molecular weight excluding hydrogens is 309 g/mol. The Morgan fingerprint density at radius 2 is 2.11 bits per heavy atom. The van der Waals surface area contributed by atoms with Crippen molar-refractivity contribution in [1.29, 1.82) is 0 Å². The van der Waals surface area contributed by atoms with E-state index in [0.29, 0.717) is 29.7 Å². The molecule has 0 saturated carbocycles. The molecule has 0 N–H and O–H groups in total. The smallest absolute Gasteiger partial charge is 0.214 e. The van der Waals surface area contributed by atoms with Crippen molar-refractivity contribution in [1.82, 2.24) is 4.31 Å². The first-order valence-electron chi connectivity index (χ1n) is 5.98. The summed E-state index contributed by atoms with van der Waals surface area (Å²) in [5.41, 5.74) is 0.838. The van der Waals surface area contributed by atoms with E-state index < -0.39 is 10.0 Å². The van der Waals surface area contributed by atoms with Gasteiger partial charge in [-0.15, -0.1) is 0 Å². The minimum Gasteiger partial charge on any atom is -0.371 e. The van der Waals surface area contributed by atoms with Crippen molar-refractivity contribution in [3.05, 3.63) is 33.8 Å². The normalized spacial score (nSPS) is 21.5. The zero-order chi connectivity index (χ0) is 14.0. The number of rotatable bonds is 3. The number of benzene rings is 1. The van der Waals surface area contributed by atoms with Gasteiger partial charge in [0.15, 0.2) is 0 Å². The molecule has 1 aliphatic rings. The van der Waals surface area contributed by atoms with E-state index in [1.165, 1.54) is 4.31 Å². The summed E-state index contributed by atoms with van der Waals surface area (Å²) in [6, 6.07) is 5.22. The van der Waals surface area contributed by atoms with E-state index in [1.807, 2.05) is 0 Å². The van der Waals surface area contributed by atoms with E-state index in [2.05, 4.69) is 0 Å². The highest BCUT2D eigenvalue weighted by Gasteiger charge is 2.29. The SMILES string of the molecule is CCS(=O)(=O)N1CCOC(c2ccc(Cl)c(Cl)c2)C1. The molecule has 0 radical (unpaired) electrons. The van der Waals surface area contributed by atoms with Crippen LogP contribution in [-0.2, 0) is 14.8 Å². The maximum absolute atomic E-state index is 11.9. The first kappa shape index (κ1) is 15.1. The van der Waals surface area contributed by atoms with Crippen molar-refractivity contribution in [3.8, 4) is 0 Å². The molecule has 7 heteroatoms. The summed E-state index contributed by atoms with van der Waals surface area (Å²) in [7, 11) is -3.19. The number of ether oxygens (including phenoxy) is 1. The molecule has 1 unspecified atom stereocenters. The second-order valence-electron chi connectivity index (χ2n) is 4.29. The molecule has 1 atom stereocenters. The number of morpholine rings is 1. The molecule has 1 saturated heterocycles. The van der Waals surface area contributed by atoms with Crippen LogP contribution in [-0.4, -0.2) is 38.2 Å². The van der Waals surface area contributed by atoms with Gasteiger partial charge in [0.25, 0.3) is 0 Å². The molecule has 4 nitrogen and oxygen atoms in total. The number of halogens is 2. The summed E-state index contributed by atoms with van der Waals surface area (Å²) < 4.78 is 30.8. The Bertz CT molecular complexity index is 562. The van der Waals surface area contributed by atoms with E-state index in [1.54, 1.807) is 25.1 Å². The summed E-state index contributed by atoms with van der Waals surface area (Å²) >= 11 is 11.8. The van der Waals surface area contributed by atoms with Crippen molar-refractivity contribution >= 4 is 33.2 Å². The van der Waals surface area contributed by atoms with Gasteiger partial charge in [-0.3, -0.25) is 0 Å². The van der Waals surface area contributed by atoms with Crippen molar-refractivity contribution < 1.29 is 13.2 Å². The second-order valence-corrected chi connectivity index (χ2v) is 7.36. The molecule has 0 aliphatic carbocycles. The molecule has 0 bridgehead atoms. The first-order chi connectivity index (χ1) is 8.94. The van der Waals surface area contributed by atoms with Gasteiger partial charge in [-0.25, -0.2) is 8.42 Å². The third kappa shape index (κ3) is 3.41. The van der Waals surface area contributed by atoms with Crippen molar-refractivity contribution in [3.63, 3.8) is 0 Å². The van der Waals surface area contributed by atoms with E-state index >= 15 is 0 Å². The van der Waals surface area contributed by atoms with Gasteiger partial charge in [0.1, 0.15) is 0 Å². The van der Waals surface area contributed by atoms with Gasteiger partial charge < -0.3 is 4.74 Å². The fraction of sp³-hybridized carbons (Fsp3) is 0.500. The minimum absolute atomic E-state index is 0.0983. The fourth-order valence-corrected chi connectivity index (χ4v) is 3.36. The summed E-state index contributed by atoms with van der Waals surface area (Å²) in [5, 5.41) is 0.914. The Labute approximate surface area is 123 Å². The van der Waals surface area contributed by atoms with E-state index in [9.17, 15) is 8.42 Å². The standard InChI is InChI=1S/C12H15Cl2NO3S/c1-2-19(16,17)15-5-6-18-12(8-15)9-3-4-10(13)11(14)7-9/h3-4,7,12H,2,5-6,8H2,1H3. The van der Waals surface area contributed by atoms with Crippen LogP contribution >= 0.6 is 23.2 Å². The zero-order valence-corrected chi connectivity index (χ0v) is 12.8. The molecule has 0 spiro atoms. The second kappa shape index (κ2) is 5.97. The van der Waals surface area contributed by atoms with Crippen LogP contribution in [0.5, 0.6) is 0 Å². The molecule has 0 aromatic heterocycles. The largest absolute Gasteiger partial charge is 0.371 e. The van der Waals surface area contributed by atoms with Crippen LogP contribution in [0.2, 0.25) is 10.0 Å². The lowest BCUT2D eigenvalue weighted by Crippen LogP contribution is -2.42. The zero-order valence-electron chi connectivity index (χ0n) is 10.5. The monoisotopic (exact) mass is 323 g/mol. The Balaban J connectivity index is 2.19. The molecule has 19 heavy (non-hydrogen) atoms. The van der Waals surface area contributed by atoms with Crippen LogP contribution < -0.4 is 0 Å². The lowest BCUT2D eigenvalue weighted by molar-refractivity contribution is -0.00249. The predicted molar refractivity (Wildman–Crippen MR) is 76.2 cm³/mol. The molecule has 106 valence electrons. The average molecular weight is 324 g/mol. The fourth-order valence-electron chi connectivity index (χ4n) is 1.98. The molecule has 1 aliphatic heterocycles. The van der Waals surface area contributed by atoms with E-state index in [-0.39, 0.29) is 11.9 Å². The van der Waals surface area contributed by atoms with Gasteiger partial charge in [0.05, 0.1) is 28.5 Å². The molecule has 1 aromatic rings. The van der Waals surface area contributed by atoms with Crippen molar-refractivity contribution in [2.24, 2.45) is 0 Å². The number of nitrogens with zero attached hydrogens (tertiary/aromatic N) is 1. The van der Waals surface area contributed by atoms with Crippen LogP contribution in [0, 0.1) is 0 Å². The van der Waals surface area contributed by atoms with Crippen LogP contribution in [0.15, 0.2) is 18.2 Å². The minimum atomic E-state index is -3.19. The maximum atomic E-state index is 11.9. The summed E-state index contributed by atoms with van der Waals surface area (Å²) in [5.74, 6) is 0.0983. The average Bonchev–Trinajstić information content (AvgIpc) is 2.42. The highest BCUT2D eigenvalue weighted by atomic mass is 35.5. The van der Waals surface area contributed by atoms with E-state index in [0.717, 1.165) is 5.56 Å². The highest BCUT2D eigenvalue weighted by molar-refractivity contribution is 7.89. The van der Waals surface area contributed by atoms with Crippen molar-refractivity contribution in [2.75, 3.05) is 25.4 Å². The highest BCUT2D eigenvalue weighted by Crippen LogP contribution is 2.29. The molecule has 1 fully saturated rings. The topological polar surface area (TPSA) is 46.6 Å². The van der Waals surface area contributed by atoms with Crippen LogP contribution in [0.25, 0.3) is 0 Å². The Morgan fingerprint density at radius 3 is 2.74 bits per heavy atom. The maximum Gasteiger partial charge on any atom is 0.214 e. The summed E-state index contributed by atoms with van der Waals surface area (Å²) in [6.07, 6.45) is -0.301. The van der Waals surface area contributed by atoms with Crippen LogP contribution in [0.4, 0.5) is 0 Å². The van der Waals surface area contributed by atoms with Gasteiger partial charge in [-0.2, -0.15) is 4.31 Å².